The molecule has 0 aliphatic rings. The van der Waals surface area contributed by atoms with Crippen molar-refractivity contribution in [1.82, 2.24) is 0 Å². The lowest BCUT2D eigenvalue weighted by molar-refractivity contribution is 0.240. The Bertz CT molecular complexity index is 457. The van der Waals surface area contributed by atoms with Gasteiger partial charge in [-0.15, -0.1) is 0 Å². The molecule has 33 heavy (non-hydrogen) atoms. The van der Waals surface area contributed by atoms with E-state index in [0.29, 0.717) is 0 Å². The van der Waals surface area contributed by atoms with Crippen molar-refractivity contribution in [3.8, 4) is 0 Å². The standard InChI is InChI=1S/C22H48O4P2S5/c1-5-9-15-23-27(29,24-16-10-6-2)19-13-21-31-33-32-22-14-20-28(30,25-17-11-7-3)26-18-12-8-4/h5-22H2,1-4H3. The van der Waals surface area contributed by atoms with Crippen molar-refractivity contribution >= 4 is 68.0 Å². The van der Waals surface area contributed by atoms with Gasteiger partial charge in [-0.3, -0.25) is 0 Å². The summed E-state index contributed by atoms with van der Waals surface area (Å²) in [5.41, 5.74) is 0. The van der Waals surface area contributed by atoms with Crippen LogP contribution in [0.5, 0.6) is 0 Å². The first-order chi connectivity index (χ1) is 15.9. The monoisotopic (exact) mass is 598 g/mol. The molecule has 0 aromatic carbocycles. The van der Waals surface area contributed by atoms with Gasteiger partial charge in [-0.2, -0.15) is 0 Å². The number of hydrogen-bond donors (Lipinski definition) is 0. The molecule has 11 heteroatoms. The molecule has 0 saturated heterocycles. The Hall–Kier alpha value is 2.19. The summed E-state index contributed by atoms with van der Waals surface area (Å²) >= 11 is 11.6. The molecule has 0 spiro atoms. The smallest absolute Gasteiger partial charge is 0.188 e. The summed E-state index contributed by atoms with van der Waals surface area (Å²) in [4.78, 5) is 0. The van der Waals surface area contributed by atoms with Gasteiger partial charge in [0.25, 0.3) is 0 Å². The van der Waals surface area contributed by atoms with Gasteiger partial charge in [-0.25, -0.2) is 0 Å². The fourth-order valence-electron chi connectivity index (χ4n) is 2.46. The lowest BCUT2D eigenvalue weighted by Crippen LogP contribution is -2.03. The lowest BCUT2D eigenvalue weighted by atomic mass is 10.4. The number of rotatable bonds is 26. The molecule has 0 unspecified atom stereocenters. The summed E-state index contributed by atoms with van der Waals surface area (Å²) in [7, 11) is 5.67. The van der Waals surface area contributed by atoms with Crippen LogP contribution < -0.4 is 0 Å². The maximum Gasteiger partial charge on any atom is 0.188 e. The Morgan fingerprint density at radius 2 is 0.818 bits per heavy atom. The van der Waals surface area contributed by atoms with E-state index in [0.717, 1.165) is 114 Å². The van der Waals surface area contributed by atoms with E-state index in [4.69, 9.17) is 41.7 Å². The minimum absolute atomic E-state index is 0.731. The minimum Gasteiger partial charge on any atom is -0.329 e. The zero-order valence-corrected chi connectivity index (χ0v) is 27.2. The molecule has 0 saturated carbocycles. The first-order valence-electron chi connectivity index (χ1n) is 12.6. The second-order valence-electron chi connectivity index (χ2n) is 7.84. The average Bonchev–Trinajstić information content (AvgIpc) is 2.79. The van der Waals surface area contributed by atoms with Crippen LogP contribution in [0.15, 0.2) is 0 Å². The van der Waals surface area contributed by atoms with Gasteiger partial charge in [0, 0.05) is 23.8 Å². The first kappa shape index (κ1) is 35.2. The van der Waals surface area contributed by atoms with Crippen LogP contribution in [-0.2, 0) is 41.7 Å². The maximum atomic E-state index is 6.03. The Morgan fingerprint density at radius 3 is 1.09 bits per heavy atom. The third kappa shape index (κ3) is 21.9. The van der Waals surface area contributed by atoms with Gasteiger partial charge in [0.15, 0.2) is 13.0 Å². The van der Waals surface area contributed by atoms with Crippen molar-refractivity contribution in [3.05, 3.63) is 0 Å². The van der Waals surface area contributed by atoms with E-state index < -0.39 is 13.0 Å². The van der Waals surface area contributed by atoms with Gasteiger partial charge in [0.1, 0.15) is 0 Å². The van der Waals surface area contributed by atoms with Crippen molar-refractivity contribution in [3.63, 3.8) is 0 Å². The van der Waals surface area contributed by atoms with Gasteiger partial charge >= 0.3 is 0 Å². The van der Waals surface area contributed by atoms with Gasteiger partial charge in [-0.1, -0.05) is 75.0 Å². The molecule has 0 aliphatic carbocycles. The Balaban J connectivity index is 4.06. The second-order valence-corrected chi connectivity index (χ2v) is 20.0. The molecule has 0 heterocycles. The van der Waals surface area contributed by atoms with Crippen LogP contribution in [0.25, 0.3) is 0 Å². The highest BCUT2D eigenvalue weighted by Crippen LogP contribution is 2.51. The van der Waals surface area contributed by atoms with E-state index in [2.05, 4.69) is 27.7 Å². The quantitative estimate of drug-likeness (QED) is 0.0549. The minimum atomic E-state index is -2.12. The highest BCUT2D eigenvalue weighted by molar-refractivity contribution is 9.09. The van der Waals surface area contributed by atoms with Crippen molar-refractivity contribution in [2.45, 2.75) is 91.9 Å². The van der Waals surface area contributed by atoms with E-state index in [1.54, 1.807) is 0 Å². The lowest BCUT2D eigenvalue weighted by Gasteiger charge is -2.22. The van der Waals surface area contributed by atoms with Crippen LogP contribution in [-0.4, -0.2) is 50.3 Å². The maximum absolute atomic E-state index is 6.03. The second kappa shape index (κ2) is 24.5. The Kier molecular flexibility index (Phi) is 26.1. The zero-order valence-electron chi connectivity index (χ0n) is 21.3. The third-order valence-corrected chi connectivity index (χ3v) is 15.4. The summed E-state index contributed by atoms with van der Waals surface area (Å²) in [5.74, 6) is 2.14. The van der Waals surface area contributed by atoms with E-state index in [-0.39, 0.29) is 0 Å². The van der Waals surface area contributed by atoms with Gasteiger partial charge in [0.2, 0.25) is 0 Å². The van der Waals surface area contributed by atoms with E-state index in [1.165, 1.54) is 0 Å². The summed E-state index contributed by atoms with van der Waals surface area (Å²) in [6.07, 6.45) is 12.6. The van der Waals surface area contributed by atoms with Crippen LogP contribution in [0.4, 0.5) is 0 Å². The molecule has 200 valence electrons. The van der Waals surface area contributed by atoms with E-state index in [1.807, 2.05) is 31.4 Å². The molecular weight excluding hydrogens is 551 g/mol. The molecule has 0 N–H and O–H groups in total. The molecule has 4 nitrogen and oxygen atoms in total. The van der Waals surface area contributed by atoms with Crippen molar-refractivity contribution in [2.24, 2.45) is 0 Å². The third-order valence-electron chi connectivity index (χ3n) is 4.56. The molecule has 0 bridgehead atoms. The first-order valence-corrected chi connectivity index (χ1v) is 22.1. The van der Waals surface area contributed by atoms with Crippen LogP contribution in [0.2, 0.25) is 0 Å². The predicted molar refractivity (Wildman–Crippen MR) is 163 cm³/mol. The summed E-state index contributed by atoms with van der Waals surface area (Å²) in [6, 6.07) is 0. The van der Waals surface area contributed by atoms with E-state index in [9.17, 15) is 0 Å². The van der Waals surface area contributed by atoms with Crippen LogP contribution in [0, 0.1) is 0 Å². The number of unbranched alkanes of at least 4 members (excludes halogenated alkanes) is 4. The molecule has 0 aromatic heterocycles. The average molecular weight is 599 g/mol. The van der Waals surface area contributed by atoms with Crippen LogP contribution in [0.3, 0.4) is 0 Å². The van der Waals surface area contributed by atoms with Gasteiger partial charge < -0.3 is 18.1 Å². The fourth-order valence-corrected chi connectivity index (χ4v) is 11.8. The molecule has 0 aromatic rings. The molecule has 0 fully saturated rings. The van der Waals surface area contributed by atoms with Crippen molar-refractivity contribution in [1.29, 1.82) is 0 Å². The Labute approximate surface area is 227 Å². The van der Waals surface area contributed by atoms with Crippen molar-refractivity contribution in [2.75, 3.05) is 50.3 Å². The zero-order chi connectivity index (χ0) is 24.7. The summed E-state index contributed by atoms with van der Waals surface area (Å²) in [5, 5.41) is 0. The molecule has 0 radical (unpaired) electrons. The fraction of sp³-hybridized carbons (Fsp3) is 1.00. The highest BCUT2D eigenvalue weighted by Gasteiger charge is 2.19. The van der Waals surface area contributed by atoms with Gasteiger partial charge in [0.05, 0.1) is 26.4 Å². The van der Waals surface area contributed by atoms with Crippen molar-refractivity contribution < 1.29 is 18.1 Å². The molecule has 0 rings (SSSR count). The Morgan fingerprint density at radius 1 is 0.515 bits per heavy atom. The van der Waals surface area contributed by atoms with Crippen LogP contribution in [0.1, 0.15) is 91.9 Å². The summed E-state index contributed by atoms with van der Waals surface area (Å²) < 4.78 is 24.1. The highest BCUT2D eigenvalue weighted by atomic mass is 33.5. The predicted octanol–water partition coefficient (Wildman–Crippen LogP) is 9.68. The molecule has 0 amide bonds. The largest absolute Gasteiger partial charge is 0.329 e. The summed E-state index contributed by atoms with van der Waals surface area (Å²) in [6.45, 7) is 7.38. The normalized spacial score (nSPS) is 12.5. The molecule has 0 atom stereocenters. The molecule has 0 aliphatic heterocycles. The molecular formula is C22H48O4P2S5. The van der Waals surface area contributed by atoms with Crippen LogP contribution >= 0.6 is 44.4 Å². The topological polar surface area (TPSA) is 36.9 Å². The van der Waals surface area contributed by atoms with E-state index >= 15 is 0 Å². The number of hydrogen-bond acceptors (Lipinski definition) is 9. The van der Waals surface area contributed by atoms with Gasteiger partial charge in [-0.05, 0) is 72.0 Å². The SMILES string of the molecule is CCCCOP(=S)(CCCSSSCCCP(=S)(OCCCC)OCCCC)OCCCC.